The van der Waals surface area contributed by atoms with Gasteiger partial charge < -0.3 is 5.32 Å². The molecule has 0 saturated carbocycles. The van der Waals surface area contributed by atoms with E-state index in [0.29, 0.717) is 17.4 Å². The lowest BCUT2D eigenvalue weighted by Crippen LogP contribution is -2.06. The lowest BCUT2D eigenvalue weighted by Gasteiger charge is -2.09. The number of hydrogen-bond donors (Lipinski definition) is 1. The van der Waals surface area contributed by atoms with Crippen LogP contribution in [0, 0.1) is 0 Å². The molecule has 0 aliphatic carbocycles. The molecular formula is C13H15N3O2S. The molecule has 100 valence electrons. The van der Waals surface area contributed by atoms with Crippen LogP contribution in [0.15, 0.2) is 54.2 Å². The highest BCUT2D eigenvalue weighted by Crippen LogP contribution is 2.17. The first-order valence-electron chi connectivity index (χ1n) is 5.71. The molecule has 5 nitrogen and oxygen atoms in total. The SMILES string of the molecule is C=CCNc1nccn1-c1ccc(S(C)(=O)=O)cc1. The molecule has 0 saturated heterocycles. The summed E-state index contributed by atoms with van der Waals surface area (Å²) in [4.78, 5) is 4.49. The van der Waals surface area contributed by atoms with Gasteiger partial charge in [-0.3, -0.25) is 4.57 Å². The van der Waals surface area contributed by atoms with Gasteiger partial charge in [-0.15, -0.1) is 6.58 Å². The molecule has 2 aromatic rings. The third kappa shape index (κ3) is 3.03. The minimum absolute atomic E-state index is 0.303. The van der Waals surface area contributed by atoms with Crippen molar-refractivity contribution >= 4 is 15.8 Å². The summed E-state index contributed by atoms with van der Waals surface area (Å²) in [5.41, 5.74) is 0.844. The van der Waals surface area contributed by atoms with Crippen molar-refractivity contribution in [3.63, 3.8) is 0 Å². The fourth-order valence-electron chi connectivity index (χ4n) is 1.66. The van der Waals surface area contributed by atoms with Gasteiger partial charge in [-0.1, -0.05) is 6.08 Å². The summed E-state index contributed by atoms with van der Waals surface area (Å²) < 4.78 is 24.6. The van der Waals surface area contributed by atoms with Gasteiger partial charge in [0.15, 0.2) is 9.84 Å². The number of aromatic nitrogens is 2. The van der Waals surface area contributed by atoms with Crippen LogP contribution in [0.2, 0.25) is 0 Å². The normalized spacial score (nSPS) is 11.2. The van der Waals surface area contributed by atoms with E-state index in [4.69, 9.17) is 0 Å². The van der Waals surface area contributed by atoms with E-state index >= 15 is 0 Å². The Bertz CT molecular complexity index is 672. The first-order chi connectivity index (χ1) is 9.02. The largest absolute Gasteiger partial charge is 0.352 e. The fourth-order valence-corrected chi connectivity index (χ4v) is 2.29. The first kappa shape index (κ1) is 13.4. The number of nitrogens with zero attached hydrogens (tertiary/aromatic N) is 2. The van der Waals surface area contributed by atoms with Crippen molar-refractivity contribution in [2.24, 2.45) is 0 Å². The van der Waals surface area contributed by atoms with Gasteiger partial charge in [0.1, 0.15) is 0 Å². The predicted molar refractivity (Wildman–Crippen MR) is 75.4 cm³/mol. The number of anilines is 1. The van der Waals surface area contributed by atoms with E-state index in [0.717, 1.165) is 5.69 Å². The highest BCUT2D eigenvalue weighted by Gasteiger charge is 2.08. The molecule has 1 aromatic carbocycles. The molecule has 0 spiro atoms. The average molecular weight is 277 g/mol. The van der Waals surface area contributed by atoms with Gasteiger partial charge in [0.05, 0.1) is 4.90 Å². The zero-order valence-corrected chi connectivity index (χ0v) is 11.4. The van der Waals surface area contributed by atoms with Gasteiger partial charge in [-0.25, -0.2) is 13.4 Å². The Morgan fingerprint density at radius 3 is 2.63 bits per heavy atom. The second-order valence-electron chi connectivity index (χ2n) is 4.06. The van der Waals surface area contributed by atoms with Gasteiger partial charge in [-0.2, -0.15) is 0 Å². The van der Waals surface area contributed by atoms with Crippen LogP contribution in [0.1, 0.15) is 0 Å². The zero-order valence-electron chi connectivity index (χ0n) is 10.6. The predicted octanol–water partition coefficient (Wildman–Crippen LogP) is 1.87. The van der Waals surface area contributed by atoms with Crippen LogP contribution in [0.4, 0.5) is 5.95 Å². The summed E-state index contributed by atoms with van der Waals surface area (Å²) in [5, 5.41) is 3.10. The molecule has 0 radical (unpaired) electrons. The molecule has 0 bridgehead atoms. The van der Waals surface area contributed by atoms with Gasteiger partial charge in [-0.05, 0) is 24.3 Å². The van der Waals surface area contributed by atoms with Crippen LogP contribution in [0.3, 0.4) is 0 Å². The Morgan fingerprint density at radius 2 is 2.05 bits per heavy atom. The van der Waals surface area contributed by atoms with Crippen LogP contribution in [-0.4, -0.2) is 30.8 Å². The van der Waals surface area contributed by atoms with Crippen molar-refractivity contribution in [3.8, 4) is 5.69 Å². The third-order valence-corrected chi connectivity index (χ3v) is 3.72. The van der Waals surface area contributed by atoms with Crippen molar-refractivity contribution in [1.29, 1.82) is 0 Å². The number of nitrogens with one attached hydrogen (secondary N) is 1. The quantitative estimate of drug-likeness (QED) is 0.847. The lowest BCUT2D eigenvalue weighted by molar-refractivity contribution is 0.602. The van der Waals surface area contributed by atoms with Crippen LogP contribution in [0.5, 0.6) is 0 Å². The minimum atomic E-state index is -3.17. The Hall–Kier alpha value is -2.08. The molecule has 19 heavy (non-hydrogen) atoms. The molecule has 1 N–H and O–H groups in total. The molecule has 0 atom stereocenters. The monoisotopic (exact) mass is 277 g/mol. The van der Waals surface area contributed by atoms with Crippen molar-refractivity contribution < 1.29 is 8.42 Å². The summed E-state index contributed by atoms with van der Waals surface area (Å²) in [6.45, 7) is 4.24. The van der Waals surface area contributed by atoms with Crippen molar-refractivity contribution in [3.05, 3.63) is 49.3 Å². The van der Waals surface area contributed by atoms with Gasteiger partial charge >= 0.3 is 0 Å². The number of rotatable bonds is 5. The molecule has 0 unspecified atom stereocenters. The van der Waals surface area contributed by atoms with Crippen molar-refractivity contribution in [2.45, 2.75) is 4.90 Å². The van der Waals surface area contributed by atoms with Crippen LogP contribution >= 0.6 is 0 Å². The molecule has 1 heterocycles. The molecule has 6 heteroatoms. The van der Waals surface area contributed by atoms with Crippen molar-refractivity contribution in [2.75, 3.05) is 18.1 Å². The number of sulfone groups is 1. The molecular weight excluding hydrogens is 262 g/mol. The maximum absolute atomic E-state index is 11.4. The second-order valence-corrected chi connectivity index (χ2v) is 6.07. The average Bonchev–Trinajstić information content (AvgIpc) is 2.83. The summed E-state index contributed by atoms with van der Waals surface area (Å²) in [6.07, 6.45) is 6.42. The Labute approximate surface area is 112 Å². The zero-order chi connectivity index (χ0) is 13.9. The number of hydrogen-bond acceptors (Lipinski definition) is 4. The van der Waals surface area contributed by atoms with E-state index in [1.165, 1.54) is 6.26 Å². The molecule has 0 amide bonds. The van der Waals surface area contributed by atoms with E-state index in [9.17, 15) is 8.42 Å². The molecule has 0 aliphatic rings. The van der Waals surface area contributed by atoms with Gasteiger partial charge in [0, 0.05) is 30.9 Å². The summed E-state index contributed by atoms with van der Waals surface area (Å²) in [7, 11) is -3.17. The fraction of sp³-hybridized carbons (Fsp3) is 0.154. The number of imidazole rings is 1. The highest BCUT2D eigenvalue weighted by molar-refractivity contribution is 7.90. The highest BCUT2D eigenvalue weighted by atomic mass is 32.2. The van der Waals surface area contributed by atoms with E-state index in [1.54, 1.807) is 42.7 Å². The van der Waals surface area contributed by atoms with E-state index in [-0.39, 0.29) is 0 Å². The van der Waals surface area contributed by atoms with E-state index in [1.807, 2.05) is 4.57 Å². The molecule has 0 fully saturated rings. The Kier molecular flexibility index (Phi) is 3.71. The van der Waals surface area contributed by atoms with Gasteiger partial charge in [0.25, 0.3) is 0 Å². The smallest absolute Gasteiger partial charge is 0.207 e. The van der Waals surface area contributed by atoms with Crippen LogP contribution in [0.25, 0.3) is 5.69 Å². The minimum Gasteiger partial charge on any atom is -0.352 e. The van der Waals surface area contributed by atoms with Gasteiger partial charge in [0.2, 0.25) is 5.95 Å². The topological polar surface area (TPSA) is 64.0 Å². The Balaban J connectivity index is 2.32. The summed E-state index contributed by atoms with van der Waals surface area (Å²) in [5.74, 6) is 0.687. The van der Waals surface area contributed by atoms with Crippen molar-refractivity contribution in [1.82, 2.24) is 9.55 Å². The van der Waals surface area contributed by atoms with Crippen LogP contribution < -0.4 is 5.32 Å². The standard InChI is InChI=1S/C13H15N3O2S/c1-3-8-14-13-15-9-10-16(13)11-4-6-12(7-5-11)19(2,17)18/h3-7,9-10H,1,8H2,2H3,(H,14,15). The lowest BCUT2D eigenvalue weighted by atomic mass is 10.3. The molecule has 2 rings (SSSR count). The Morgan fingerprint density at radius 1 is 1.37 bits per heavy atom. The van der Waals surface area contributed by atoms with Crippen LogP contribution in [-0.2, 0) is 9.84 Å². The second kappa shape index (κ2) is 5.27. The summed E-state index contributed by atoms with van der Waals surface area (Å²) in [6, 6.07) is 6.66. The molecule has 1 aromatic heterocycles. The van der Waals surface area contributed by atoms with E-state index in [2.05, 4.69) is 16.9 Å². The maximum atomic E-state index is 11.4. The van der Waals surface area contributed by atoms with E-state index < -0.39 is 9.84 Å². The first-order valence-corrected chi connectivity index (χ1v) is 7.60. The third-order valence-electron chi connectivity index (χ3n) is 2.59. The summed E-state index contributed by atoms with van der Waals surface area (Å²) >= 11 is 0. The molecule has 0 aliphatic heterocycles. The number of benzene rings is 1. The maximum Gasteiger partial charge on any atom is 0.207 e.